The third-order valence-electron chi connectivity index (χ3n) is 3.44. The zero-order chi connectivity index (χ0) is 17.2. The summed E-state index contributed by atoms with van der Waals surface area (Å²) in [4.78, 5) is 36.7. The molecule has 1 atom stereocenters. The number of rotatable bonds is 5. The molecular weight excluding hydrogens is 351 g/mol. The lowest BCUT2D eigenvalue weighted by atomic mass is 9.93. The summed E-state index contributed by atoms with van der Waals surface area (Å²) in [6.07, 6.45) is 0. The Hall–Kier alpha value is -1.15. The number of hydrogen-bond acceptors (Lipinski definition) is 7. The molecule has 1 saturated heterocycles. The number of carbonyl (C=O) groups excluding carboxylic acids is 3. The average molecular weight is 367 g/mol. The van der Waals surface area contributed by atoms with Crippen LogP contribution in [0.2, 0.25) is 0 Å². The molecule has 0 N–H and O–H groups in total. The number of carbonyl (C=O) groups is 3. The van der Waals surface area contributed by atoms with E-state index in [1.165, 1.54) is 0 Å². The Balaban J connectivity index is 2.52. The van der Waals surface area contributed by atoms with E-state index in [0.717, 1.165) is 0 Å². The maximum atomic E-state index is 12.3. The normalized spacial score (nSPS) is 23.0. The minimum Gasteiger partial charge on any atom is -0.465 e. The first-order chi connectivity index (χ1) is 10.9. The summed E-state index contributed by atoms with van der Waals surface area (Å²) in [6.45, 7) is 3.52. The van der Waals surface area contributed by atoms with E-state index in [9.17, 15) is 14.4 Å². The van der Waals surface area contributed by atoms with Gasteiger partial charge in [0, 0.05) is 5.57 Å². The molecule has 2 aliphatic rings. The van der Waals surface area contributed by atoms with Gasteiger partial charge in [-0.15, -0.1) is 11.6 Å². The van der Waals surface area contributed by atoms with Crippen LogP contribution in [0.1, 0.15) is 13.8 Å². The molecule has 0 aromatic carbocycles. The van der Waals surface area contributed by atoms with Crippen molar-refractivity contribution in [3.63, 3.8) is 0 Å². The zero-order valence-electron chi connectivity index (χ0n) is 12.6. The Bertz CT molecular complexity index is 533. The van der Waals surface area contributed by atoms with E-state index in [-0.39, 0.29) is 37.0 Å². The van der Waals surface area contributed by atoms with E-state index >= 15 is 0 Å². The highest BCUT2D eigenvalue weighted by Crippen LogP contribution is 2.48. The smallest absolute Gasteiger partial charge is 0.324 e. The molecule has 1 fully saturated rings. The third kappa shape index (κ3) is 2.98. The van der Waals surface area contributed by atoms with Crippen molar-refractivity contribution < 1.29 is 33.3 Å². The third-order valence-corrected chi connectivity index (χ3v) is 4.32. The SMILES string of the molecule is CCOC(=O)C(C(=O)OCC)C1=C(Cl)C(=O)C(Cl)C12OCCO2. The quantitative estimate of drug-likeness (QED) is 0.409. The molecule has 0 radical (unpaired) electrons. The molecule has 9 heteroatoms. The lowest BCUT2D eigenvalue weighted by Crippen LogP contribution is -2.46. The van der Waals surface area contributed by atoms with E-state index in [2.05, 4.69) is 0 Å². The van der Waals surface area contributed by atoms with Crippen LogP contribution in [0.5, 0.6) is 0 Å². The fraction of sp³-hybridized carbons (Fsp3) is 0.643. The second kappa shape index (κ2) is 7.17. The minimum absolute atomic E-state index is 0.0343. The molecule has 1 aliphatic carbocycles. The minimum atomic E-state index is -1.75. The summed E-state index contributed by atoms with van der Waals surface area (Å²) in [5.41, 5.74) is -0.154. The highest BCUT2D eigenvalue weighted by atomic mass is 35.5. The molecule has 2 rings (SSSR count). The number of halogens is 2. The molecule has 0 saturated carbocycles. The standard InChI is InChI=1S/C14H16Cl2O7/c1-3-20-12(18)7(13(19)21-4-2)8-9(15)10(17)11(16)14(8)22-5-6-23-14/h7,11H,3-6H2,1-2H3. The van der Waals surface area contributed by atoms with Crippen molar-refractivity contribution in [3.8, 4) is 0 Å². The molecule has 0 bridgehead atoms. The van der Waals surface area contributed by atoms with Gasteiger partial charge < -0.3 is 18.9 Å². The Morgan fingerprint density at radius 3 is 2.13 bits per heavy atom. The van der Waals surface area contributed by atoms with Crippen LogP contribution in [-0.2, 0) is 33.3 Å². The number of alkyl halides is 1. The maximum Gasteiger partial charge on any atom is 0.324 e. The van der Waals surface area contributed by atoms with E-state index in [0.29, 0.717) is 0 Å². The fourth-order valence-corrected chi connectivity index (χ4v) is 3.31. The van der Waals surface area contributed by atoms with Gasteiger partial charge in [0.05, 0.1) is 31.5 Å². The van der Waals surface area contributed by atoms with Gasteiger partial charge in [-0.2, -0.15) is 0 Å². The highest BCUT2D eigenvalue weighted by Gasteiger charge is 2.62. The van der Waals surface area contributed by atoms with Gasteiger partial charge in [-0.1, -0.05) is 11.6 Å². The molecule has 1 heterocycles. The summed E-state index contributed by atoms with van der Waals surface area (Å²) >= 11 is 12.1. The van der Waals surface area contributed by atoms with Crippen LogP contribution in [-0.4, -0.2) is 55.3 Å². The number of ether oxygens (including phenoxy) is 4. The lowest BCUT2D eigenvalue weighted by Gasteiger charge is -2.30. The zero-order valence-corrected chi connectivity index (χ0v) is 14.1. The van der Waals surface area contributed by atoms with Gasteiger partial charge in [-0.25, -0.2) is 0 Å². The summed E-state index contributed by atoms with van der Waals surface area (Å²) in [5.74, 6) is -5.82. The number of hydrogen-bond donors (Lipinski definition) is 0. The van der Waals surface area contributed by atoms with Crippen molar-refractivity contribution in [1.29, 1.82) is 0 Å². The van der Waals surface area contributed by atoms with Gasteiger partial charge in [0.15, 0.2) is 17.1 Å². The Labute approximate surface area is 142 Å². The van der Waals surface area contributed by atoms with Crippen molar-refractivity contribution in [1.82, 2.24) is 0 Å². The molecular formula is C14H16Cl2O7. The average Bonchev–Trinajstić information content (AvgIpc) is 3.06. The summed E-state index contributed by atoms with van der Waals surface area (Å²) < 4.78 is 20.8. The second-order valence-corrected chi connectivity index (χ2v) is 5.57. The van der Waals surface area contributed by atoms with Gasteiger partial charge in [0.2, 0.25) is 5.79 Å². The monoisotopic (exact) mass is 366 g/mol. The topological polar surface area (TPSA) is 88.1 Å². The summed E-state index contributed by atoms with van der Waals surface area (Å²) in [5, 5.41) is -1.66. The molecule has 1 spiro atoms. The molecule has 1 unspecified atom stereocenters. The van der Waals surface area contributed by atoms with E-state index < -0.39 is 34.8 Å². The first-order valence-corrected chi connectivity index (χ1v) is 7.91. The Kier molecular flexibility index (Phi) is 5.67. The van der Waals surface area contributed by atoms with Gasteiger partial charge in [-0.3, -0.25) is 14.4 Å². The van der Waals surface area contributed by atoms with Crippen LogP contribution >= 0.6 is 23.2 Å². The summed E-state index contributed by atoms with van der Waals surface area (Å²) in [7, 11) is 0. The highest BCUT2D eigenvalue weighted by molar-refractivity contribution is 6.51. The predicted molar refractivity (Wildman–Crippen MR) is 78.9 cm³/mol. The molecule has 0 amide bonds. The number of allylic oxidation sites excluding steroid dienone is 1. The molecule has 1 aliphatic heterocycles. The van der Waals surface area contributed by atoms with Gasteiger partial charge in [-0.05, 0) is 13.8 Å². The van der Waals surface area contributed by atoms with Crippen molar-refractivity contribution in [2.75, 3.05) is 26.4 Å². The van der Waals surface area contributed by atoms with Crippen LogP contribution in [0.25, 0.3) is 0 Å². The Morgan fingerprint density at radius 1 is 1.22 bits per heavy atom. The number of ketones is 1. The predicted octanol–water partition coefficient (Wildman–Crippen LogP) is 1.15. The van der Waals surface area contributed by atoms with Crippen molar-refractivity contribution in [2.45, 2.75) is 25.0 Å². The molecule has 128 valence electrons. The van der Waals surface area contributed by atoms with Crippen LogP contribution in [0.3, 0.4) is 0 Å². The Morgan fingerprint density at radius 2 is 1.70 bits per heavy atom. The van der Waals surface area contributed by atoms with Gasteiger partial charge in [0.1, 0.15) is 0 Å². The molecule has 7 nitrogen and oxygen atoms in total. The molecule has 0 aromatic heterocycles. The summed E-state index contributed by atoms with van der Waals surface area (Å²) in [6, 6.07) is 0. The van der Waals surface area contributed by atoms with Gasteiger partial charge in [0.25, 0.3) is 0 Å². The number of esters is 2. The van der Waals surface area contributed by atoms with Crippen molar-refractivity contribution in [2.24, 2.45) is 5.92 Å². The van der Waals surface area contributed by atoms with Crippen LogP contribution in [0.15, 0.2) is 10.6 Å². The lowest BCUT2D eigenvalue weighted by molar-refractivity contribution is -0.168. The maximum absolute atomic E-state index is 12.3. The van der Waals surface area contributed by atoms with E-state index in [1.54, 1.807) is 13.8 Å². The molecule has 23 heavy (non-hydrogen) atoms. The van der Waals surface area contributed by atoms with Crippen LogP contribution < -0.4 is 0 Å². The van der Waals surface area contributed by atoms with Gasteiger partial charge >= 0.3 is 11.9 Å². The van der Waals surface area contributed by atoms with Crippen LogP contribution in [0.4, 0.5) is 0 Å². The number of Topliss-reactive ketones (excluding diaryl/α,β-unsaturated/α-hetero) is 1. The first kappa shape index (κ1) is 18.2. The fourth-order valence-electron chi connectivity index (χ4n) is 2.55. The van der Waals surface area contributed by atoms with Crippen LogP contribution in [0, 0.1) is 5.92 Å². The first-order valence-electron chi connectivity index (χ1n) is 7.10. The molecule has 0 aromatic rings. The van der Waals surface area contributed by atoms with E-state index in [1.807, 2.05) is 0 Å². The van der Waals surface area contributed by atoms with Crippen molar-refractivity contribution in [3.05, 3.63) is 10.6 Å². The van der Waals surface area contributed by atoms with Crippen molar-refractivity contribution >= 4 is 40.9 Å². The largest absolute Gasteiger partial charge is 0.465 e. The second-order valence-electron chi connectivity index (χ2n) is 4.76. The van der Waals surface area contributed by atoms with E-state index in [4.69, 9.17) is 42.1 Å².